The van der Waals surface area contributed by atoms with E-state index in [0.29, 0.717) is 42.2 Å². The number of ketones is 2. The summed E-state index contributed by atoms with van der Waals surface area (Å²) in [6.07, 6.45) is 8.19. The molecule has 1 N–H and O–H groups in total. The summed E-state index contributed by atoms with van der Waals surface area (Å²) in [6, 6.07) is 0. The number of aliphatic hydroxyl groups is 1. The van der Waals surface area contributed by atoms with Gasteiger partial charge in [-0.25, -0.2) is 0 Å². The van der Waals surface area contributed by atoms with Crippen LogP contribution in [0.5, 0.6) is 0 Å². The summed E-state index contributed by atoms with van der Waals surface area (Å²) in [5.74, 6) is 2.45. The molecule has 4 saturated carbocycles. The summed E-state index contributed by atoms with van der Waals surface area (Å²) in [6.45, 7) is 4.67. The van der Waals surface area contributed by atoms with Crippen LogP contribution in [0, 0.1) is 34.0 Å². The molecule has 4 rings (SSSR count). The first-order valence-electron chi connectivity index (χ1n) is 9.52. The lowest BCUT2D eigenvalue weighted by Gasteiger charge is -2.64. The molecule has 4 fully saturated rings. The highest BCUT2D eigenvalue weighted by Crippen LogP contribution is 2.68. The van der Waals surface area contributed by atoms with Crippen molar-refractivity contribution < 1.29 is 14.7 Å². The molecule has 0 heterocycles. The van der Waals surface area contributed by atoms with Crippen molar-refractivity contribution in [3.05, 3.63) is 0 Å². The topological polar surface area (TPSA) is 54.4 Å². The lowest BCUT2D eigenvalue weighted by atomic mass is 9.40. The molecule has 4 aliphatic carbocycles. The van der Waals surface area contributed by atoms with E-state index in [1.54, 1.807) is 0 Å². The Morgan fingerprint density at radius 3 is 2.52 bits per heavy atom. The van der Waals surface area contributed by atoms with Crippen molar-refractivity contribution in [2.45, 2.75) is 71.6 Å². The van der Waals surface area contributed by atoms with Crippen LogP contribution in [0.1, 0.15) is 71.6 Å². The quantitative estimate of drug-likeness (QED) is 0.804. The van der Waals surface area contributed by atoms with Crippen LogP contribution in [-0.4, -0.2) is 23.3 Å². The van der Waals surface area contributed by atoms with Crippen LogP contribution >= 0.6 is 0 Å². The fourth-order valence-corrected chi connectivity index (χ4v) is 7.35. The minimum absolute atomic E-state index is 0.0331. The van der Waals surface area contributed by atoms with E-state index in [1.165, 1.54) is 0 Å². The molecule has 0 spiro atoms. The molecule has 3 nitrogen and oxygen atoms in total. The third kappa shape index (κ3) is 1.86. The molecular formula is C20H30O3. The van der Waals surface area contributed by atoms with Crippen molar-refractivity contribution in [1.29, 1.82) is 0 Å². The zero-order valence-electron chi connectivity index (χ0n) is 14.6. The SMILES string of the molecule is C[C@@]12CC[C@@H]3[C@H](CC[C@@]4(C)C(=O)CC[C@@H]34)[C@]1(CO)CCC(=O)C2. The number of rotatable bonds is 1. The Morgan fingerprint density at radius 1 is 1.00 bits per heavy atom. The van der Waals surface area contributed by atoms with Crippen LogP contribution in [0.25, 0.3) is 0 Å². The van der Waals surface area contributed by atoms with Gasteiger partial charge in [-0.05, 0) is 61.7 Å². The zero-order valence-corrected chi connectivity index (χ0v) is 14.6. The summed E-state index contributed by atoms with van der Waals surface area (Å²) in [5, 5.41) is 10.4. The second-order valence-corrected chi connectivity index (χ2v) is 9.42. The van der Waals surface area contributed by atoms with E-state index in [2.05, 4.69) is 13.8 Å². The van der Waals surface area contributed by atoms with Gasteiger partial charge < -0.3 is 5.11 Å². The summed E-state index contributed by atoms with van der Waals surface area (Å²) in [7, 11) is 0. The van der Waals surface area contributed by atoms with Crippen LogP contribution in [0.3, 0.4) is 0 Å². The normalized spacial score (nSPS) is 52.7. The van der Waals surface area contributed by atoms with E-state index in [1.807, 2.05) is 0 Å². The molecule has 4 aliphatic rings. The van der Waals surface area contributed by atoms with E-state index in [0.717, 1.165) is 44.9 Å². The second kappa shape index (κ2) is 4.91. The Hall–Kier alpha value is -0.700. The number of hydrogen-bond acceptors (Lipinski definition) is 3. The molecule has 128 valence electrons. The van der Waals surface area contributed by atoms with Crippen LogP contribution in [0.4, 0.5) is 0 Å². The highest BCUT2D eigenvalue weighted by Gasteiger charge is 2.64. The van der Waals surface area contributed by atoms with Crippen LogP contribution in [-0.2, 0) is 9.59 Å². The van der Waals surface area contributed by atoms with Gasteiger partial charge in [0.15, 0.2) is 0 Å². The van der Waals surface area contributed by atoms with Crippen molar-refractivity contribution in [2.75, 3.05) is 6.61 Å². The predicted octanol–water partition coefficient (Wildman–Crippen LogP) is 3.53. The number of carbonyl (C=O) groups excluding carboxylic acids is 2. The zero-order chi connectivity index (χ0) is 16.5. The maximum atomic E-state index is 12.4. The molecule has 0 saturated heterocycles. The molecule has 0 bridgehead atoms. The number of Topliss-reactive ketones (excluding diaryl/α,β-unsaturated/α-hetero) is 2. The average Bonchev–Trinajstić information content (AvgIpc) is 2.82. The number of aliphatic hydroxyl groups excluding tert-OH is 1. The van der Waals surface area contributed by atoms with Gasteiger partial charge in [-0.1, -0.05) is 13.8 Å². The van der Waals surface area contributed by atoms with Gasteiger partial charge in [0.25, 0.3) is 0 Å². The van der Waals surface area contributed by atoms with Gasteiger partial charge in [0.05, 0.1) is 0 Å². The van der Waals surface area contributed by atoms with Crippen LogP contribution < -0.4 is 0 Å². The van der Waals surface area contributed by atoms with Crippen molar-refractivity contribution in [2.24, 2.45) is 34.0 Å². The number of hydrogen-bond donors (Lipinski definition) is 1. The molecule has 0 unspecified atom stereocenters. The lowest BCUT2D eigenvalue weighted by Crippen LogP contribution is -2.60. The Balaban J connectivity index is 1.72. The third-order valence-corrected chi connectivity index (χ3v) is 8.81. The van der Waals surface area contributed by atoms with Crippen LogP contribution in [0.15, 0.2) is 0 Å². The highest BCUT2D eigenvalue weighted by molar-refractivity contribution is 5.87. The van der Waals surface area contributed by atoms with E-state index in [-0.39, 0.29) is 22.9 Å². The monoisotopic (exact) mass is 318 g/mol. The molecule has 0 aromatic rings. The number of fused-ring (bicyclic) bond motifs is 5. The Bertz CT molecular complexity index is 555. The third-order valence-electron chi connectivity index (χ3n) is 8.81. The van der Waals surface area contributed by atoms with Crippen molar-refractivity contribution >= 4 is 11.6 Å². The van der Waals surface area contributed by atoms with Crippen molar-refractivity contribution in [3.63, 3.8) is 0 Å². The van der Waals surface area contributed by atoms with Gasteiger partial charge in [-0.3, -0.25) is 9.59 Å². The van der Waals surface area contributed by atoms with E-state index in [4.69, 9.17) is 0 Å². The minimum atomic E-state index is -0.101. The molecular weight excluding hydrogens is 288 g/mol. The second-order valence-electron chi connectivity index (χ2n) is 9.42. The summed E-state index contributed by atoms with van der Waals surface area (Å²) >= 11 is 0. The Kier molecular flexibility index (Phi) is 3.37. The maximum absolute atomic E-state index is 12.4. The first kappa shape index (κ1) is 15.8. The van der Waals surface area contributed by atoms with Gasteiger partial charge in [-0.2, -0.15) is 0 Å². The standard InChI is InChI=1S/C20H30O3/c1-18-8-6-14-15-3-4-17(23)19(15,2)9-7-16(14)20(18,12-21)10-5-13(22)11-18/h14-16,21H,3-12H2,1-2H3/t14-,15-,16-,18-,19+,20+/m0/s1. The van der Waals surface area contributed by atoms with Gasteiger partial charge in [0.1, 0.15) is 11.6 Å². The maximum Gasteiger partial charge on any atom is 0.139 e. The number of carbonyl (C=O) groups is 2. The molecule has 0 radical (unpaired) electrons. The minimum Gasteiger partial charge on any atom is -0.396 e. The predicted molar refractivity (Wildman–Crippen MR) is 87.8 cm³/mol. The van der Waals surface area contributed by atoms with E-state index >= 15 is 0 Å². The molecule has 0 aromatic heterocycles. The summed E-state index contributed by atoms with van der Waals surface area (Å²) < 4.78 is 0. The molecule has 0 amide bonds. The van der Waals surface area contributed by atoms with E-state index in [9.17, 15) is 14.7 Å². The summed E-state index contributed by atoms with van der Waals surface area (Å²) in [4.78, 5) is 24.5. The Morgan fingerprint density at radius 2 is 1.78 bits per heavy atom. The van der Waals surface area contributed by atoms with Gasteiger partial charge in [0, 0.05) is 36.7 Å². The molecule has 3 heteroatoms. The van der Waals surface area contributed by atoms with Crippen molar-refractivity contribution in [3.8, 4) is 0 Å². The molecule has 23 heavy (non-hydrogen) atoms. The lowest BCUT2D eigenvalue weighted by molar-refractivity contribution is -0.181. The smallest absolute Gasteiger partial charge is 0.139 e. The molecule has 0 aromatic carbocycles. The molecule has 6 atom stereocenters. The van der Waals surface area contributed by atoms with Crippen LogP contribution in [0.2, 0.25) is 0 Å². The fraction of sp³-hybridized carbons (Fsp3) is 0.900. The van der Waals surface area contributed by atoms with Gasteiger partial charge in [-0.15, -0.1) is 0 Å². The highest BCUT2D eigenvalue weighted by atomic mass is 16.3. The Labute approximate surface area is 139 Å². The summed E-state index contributed by atoms with van der Waals surface area (Å²) in [5.41, 5.74) is -0.221. The van der Waals surface area contributed by atoms with Gasteiger partial charge >= 0.3 is 0 Å². The van der Waals surface area contributed by atoms with E-state index < -0.39 is 0 Å². The molecule has 0 aliphatic heterocycles. The first-order chi connectivity index (χ1) is 10.9. The van der Waals surface area contributed by atoms with Crippen molar-refractivity contribution in [1.82, 2.24) is 0 Å². The fourth-order valence-electron chi connectivity index (χ4n) is 7.35. The average molecular weight is 318 g/mol. The largest absolute Gasteiger partial charge is 0.396 e. The first-order valence-corrected chi connectivity index (χ1v) is 9.52. The van der Waals surface area contributed by atoms with Gasteiger partial charge in [0.2, 0.25) is 0 Å².